The smallest absolute Gasteiger partial charge is 0.257 e. The number of rotatable bonds is 8. The fourth-order valence-electron chi connectivity index (χ4n) is 3.31. The third-order valence-corrected chi connectivity index (χ3v) is 5.60. The van der Waals surface area contributed by atoms with Gasteiger partial charge in [0.25, 0.3) is 5.91 Å². The molecule has 0 spiro atoms. The molecule has 0 radical (unpaired) electrons. The Morgan fingerprint density at radius 1 is 1.03 bits per heavy atom. The number of anilines is 2. The van der Waals surface area contributed by atoms with Crippen molar-refractivity contribution in [1.29, 1.82) is 0 Å². The van der Waals surface area contributed by atoms with E-state index in [1.54, 1.807) is 5.41 Å². The van der Waals surface area contributed by atoms with E-state index in [2.05, 4.69) is 22.1 Å². The molecule has 1 aliphatic heterocycles. The Hall–Kier alpha value is -3.39. The molecule has 2 amide bonds. The summed E-state index contributed by atoms with van der Waals surface area (Å²) in [6.45, 7) is 6.55. The molecule has 1 aliphatic rings. The fraction of sp³-hybridized carbons (Fsp3) is 0.217. The van der Waals surface area contributed by atoms with Gasteiger partial charge >= 0.3 is 0 Å². The molecule has 31 heavy (non-hydrogen) atoms. The van der Waals surface area contributed by atoms with Crippen molar-refractivity contribution < 1.29 is 9.59 Å². The van der Waals surface area contributed by atoms with Crippen molar-refractivity contribution in [3.63, 3.8) is 0 Å². The van der Waals surface area contributed by atoms with Gasteiger partial charge < -0.3 is 26.2 Å². The third kappa shape index (κ3) is 6.29. The molecule has 1 saturated heterocycles. The second-order valence-corrected chi connectivity index (χ2v) is 7.93. The summed E-state index contributed by atoms with van der Waals surface area (Å²) < 4.78 is 0. The van der Waals surface area contributed by atoms with Crippen LogP contribution in [0.3, 0.4) is 0 Å². The van der Waals surface area contributed by atoms with E-state index >= 15 is 0 Å². The van der Waals surface area contributed by atoms with Gasteiger partial charge in [-0.15, -0.1) is 0 Å². The molecule has 0 aliphatic carbocycles. The zero-order chi connectivity index (χ0) is 22.1. The van der Waals surface area contributed by atoms with Crippen LogP contribution in [0.25, 0.3) is 0 Å². The first-order chi connectivity index (χ1) is 15.1. The van der Waals surface area contributed by atoms with Crippen molar-refractivity contribution >= 4 is 35.0 Å². The van der Waals surface area contributed by atoms with Gasteiger partial charge in [-0.1, -0.05) is 48.7 Å². The zero-order valence-corrected chi connectivity index (χ0v) is 18.1. The molecule has 0 saturated carbocycles. The molecule has 0 unspecified atom stereocenters. The summed E-state index contributed by atoms with van der Waals surface area (Å²) in [7, 11) is 0. The number of carbonyl (C=O) groups excluding carboxylic acids is 2. The standard InChI is InChI=1S/C23H27N5O2S/c1-18(31-16-11-24)25-17-22(29)28-14-12-27(13-15-28)21-10-6-5-9-20(21)23(30)26-19-7-3-2-4-8-19/h2-11,16,25H,1,12-15,17,24H2,(H,26,30)/b16-11-. The number of nitrogens with one attached hydrogen (secondary N) is 2. The average Bonchev–Trinajstić information content (AvgIpc) is 2.82. The lowest BCUT2D eigenvalue weighted by molar-refractivity contribution is -0.130. The summed E-state index contributed by atoms with van der Waals surface area (Å²) >= 11 is 1.34. The number of piperazine rings is 1. The van der Waals surface area contributed by atoms with Crippen molar-refractivity contribution in [3.8, 4) is 0 Å². The van der Waals surface area contributed by atoms with Gasteiger partial charge in [-0.3, -0.25) is 9.59 Å². The topological polar surface area (TPSA) is 90.7 Å². The SMILES string of the molecule is C=C(NCC(=O)N1CCN(c2ccccc2C(=O)Nc2ccccc2)CC1)S/C=C\N. The predicted octanol–water partition coefficient (Wildman–Crippen LogP) is 2.81. The van der Waals surface area contributed by atoms with Gasteiger partial charge in [-0.05, 0) is 29.7 Å². The summed E-state index contributed by atoms with van der Waals surface area (Å²) in [5.41, 5.74) is 7.55. The molecular weight excluding hydrogens is 410 g/mol. The van der Waals surface area contributed by atoms with Crippen LogP contribution in [0, 0.1) is 0 Å². The molecule has 1 heterocycles. The van der Waals surface area contributed by atoms with E-state index in [0.717, 1.165) is 11.4 Å². The van der Waals surface area contributed by atoms with E-state index in [4.69, 9.17) is 5.73 Å². The van der Waals surface area contributed by atoms with Gasteiger partial charge in [0, 0.05) is 43.8 Å². The highest BCUT2D eigenvalue weighted by atomic mass is 32.2. The van der Waals surface area contributed by atoms with E-state index in [1.807, 2.05) is 59.5 Å². The minimum Gasteiger partial charge on any atom is -0.404 e. The quantitative estimate of drug-likeness (QED) is 0.588. The van der Waals surface area contributed by atoms with Crippen molar-refractivity contribution in [2.24, 2.45) is 5.73 Å². The number of nitrogens with zero attached hydrogens (tertiary/aromatic N) is 2. The molecule has 162 valence electrons. The molecule has 0 atom stereocenters. The molecule has 2 aromatic carbocycles. The van der Waals surface area contributed by atoms with Crippen LogP contribution in [0.1, 0.15) is 10.4 Å². The highest BCUT2D eigenvalue weighted by molar-refractivity contribution is 8.05. The average molecular weight is 438 g/mol. The van der Waals surface area contributed by atoms with Crippen LogP contribution in [0.15, 0.2) is 77.8 Å². The maximum absolute atomic E-state index is 12.8. The predicted molar refractivity (Wildman–Crippen MR) is 128 cm³/mol. The van der Waals surface area contributed by atoms with Crippen LogP contribution in [0.4, 0.5) is 11.4 Å². The highest BCUT2D eigenvalue weighted by Crippen LogP contribution is 2.23. The lowest BCUT2D eigenvalue weighted by Gasteiger charge is -2.37. The minimum absolute atomic E-state index is 0.0215. The Labute approximate surface area is 187 Å². The lowest BCUT2D eigenvalue weighted by atomic mass is 10.1. The molecule has 1 fully saturated rings. The molecule has 4 N–H and O–H groups in total. The van der Waals surface area contributed by atoms with E-state index in [0.29, 0.717) is 36.8 Å². The Kier molecular flexibility index (Phi) is 8.00. The molecule has 0 aromatic heterocycles. The van der Waals surface area contributed by atoms with Crippen molar-refractivity contribution in [2.75, 3.05) is 42.9 Å². The summed E-state index contributed by atoms with van der Waals surface area (Å²) in [6.07, 6.45) is 1.43. The largest absolute Gasteiger partial charge is 0.404 e. The summed E-state index contributed by atoms with van der Waals surface area (Å²) in [6, 6.07) is 17.0. The van der Waals surface area contributed by atoms with Crippen molar-refractivity contribution in [3.05, 3.63) is 83.4 Å². The van der Waals surface area contributed by atoms with Crippen LogP contribution < -0.4 is 21.3 Å². The first-order valence-corrected chi connectivity index (χ1v) is 10.9. The number of carbonyl (C=O) groups is 2. The van der Waals surface area contributed by atoms with Crippen molar-refractivity contribution in [1.82, 2.24) is 10.2 Å². The van der Waals surface area contributed by atoms with Crippen LogP contribution in [-0.2, 0) is 4.79 Å². The van der Waals surface area contributed by atoms with Crippen LogP contribution in [-0.4, -0.2) is 49.4 Å². The molecule has 3 rings (SSSR count). The van der Waals surface area contributed by atoms with Gasteiger partial charge in [0.2, 0.25) is 5.91 Å². The first kappa shape index (κ1) is 22.3. The zero-order valence-electron chi connectivity index (χ0n) is 17.3. The summed E-state index contributed by atoms with van der Waals surface area (Å²) in [5.74, 6) is -0.125. The summed E-state index contributed by atoms with van der Waals surface area (Å²) in [5, 5.41) is 8.33. The maximum atomic E-state index is 12.8. The van der Waals surface area contributed by atoms with Crippen LogP contribution >= 0.6 is 11.8 Å². The van der Waals surface area contributed by atoms with E-state index in [-0.39, 0.29) is 18.4 Å². The summed E-state index contributed by atoms with van der Waals surface area (Å²) in [4.78, 5) is 29.3. The monoisotopic (exact) mass is 437 g/mol. The number of para-hydroxylation sites is 2. The Balaban J connectivity index is 1.57. The van der Waals surface area contributed by atoms with Crippen LogP contribution in [0.5, 0.6) is 0 Å². The minimum atomic E-state index is -0.146. The molecular formula is C23H27N5O2S. The Morgan fingerprint density at radius 2 is 1.71 bits per heavy atom. The molecule has 2 aromatic rings. The Bertz CT molecular complexity index is 940. The number of benzene rings is 2. The third-order valence-electron chi connectivity index (χ3n) is 4.88. The second kappa shape index (κ2) is 11.1. The molecule has 0 bridgehead atoms. The van der Waals surface area contributed by atoms with E-state index in [1.165, 1.54) is 18.0 Å². The van der Waals surface area contributed by atoms with Crippen molar-refractivity contribution in [2.45, 2.75) is 0 Å². The fourth-order valence-corrected chi connectivity index (χ4v) is 3.71. The van der Waals surface area contributed by atoms with Gasteiger partial charge in [0.1, 0.15) is 0 Å². The molecule has 8 heteroatoms. The molecule has 7 nitrogen and oxygen atoms in total. The number of nitrogens with two attached hydrogens (primary N) is 1. The lowest BCUT2D eigenvalue weighted by Crippen LogP contribution is -2.51. The maximum Gasteiger partial charge on any atom is 0.257 e. The Morgan fingerprint density at radius 3 is 2.42 bits per heavy atom. The number of thioether (sulfide) groups is 1. The first-order valence-electron chi connectivity index (χ1n) is 10.0. The van der Waals surface area contributed by atoms with Gasteiger partial charge in [-0.2, -0.15) is 0 Å². The van der Waals surface area contributed by atoms with Gasteiger partial charge in [0.05, 0.1) is 17.1 Å². The van der Waals surface area contributed by atoms with E-state index < -0.39 is 0 Å². The van der Waals surface area contributed by atoms with Gasteiger partial charge in [-0.25, -0.2) is 0 Å². The number of amides is 2. The van der Waals surface area contributed by atoms with Crippen LogP contribution in [0.2, 0.25) is 0 Å². The second-order valence-electron chi connectivity index (χ2n) is 6.93. The number of hydrogen-bond acceptors (Lipinski definition) is 6. The number of hydrogen-bond donors (Lipinski definition) is 3. The van der Waals surface area contributed by atoms with E-state index in [9.17, 15) is 9.59 Å². The van der Waals surface area contributed by atoms with Gasteiger partial charge in [0.15, 0.2) is 0 Å². The highest BCUT2D eigenvalue weighted by Gasteiger charge is 2.24. The normalized spacial score (nSPS) is 13.8.